The third-order valence-electron chi connectivity index (χ3n) is 2.34. The molecule has 0 heterocycles. The summed E-state index contributed by atoms with van der Waals surface area (Å²) in [5.41, 5.74) is 6.37. The van der Waals surface area contributed by atoms with Crippen LogP contribution >= 0.6 is 0 Å². The molecule has 0 saturated carbocycles. The second-order valence-corrected chi connectivity index (χ2v) is 5.32. The average Bonchev–Trinajstić information content (AvgIpc) is 2.35. The van der Waals surface area contributed by atoms with Gasteiger partial charge in [0.15, 0.2) is 0 Å². The van der Waals surface area contributed by atoms with Crippen LogP contribution < -0.4 is 10.5 Å². The number of nitrogens with two attached hydrogens (primary N) is 1. The Bertz CT molecular complexity index is 464. The largest absolute Gasteiger partial charge is 0.327 e. The molecule has 1 aromatic carbocycles. The van der Waals surface area contributed by atoms with Gasteiger partial charge in [-0.15, -0.1) is 0 Å². The minimum atomic E-state index is -3.41. The third kappa shape index (κ3) is 4.30. The maximum atomic E-state index is 11.8. The Kier molecular flexibility index (Phi) is 5.34. The molecule has 4 nitrogen and oxygen atoms in total. The van der Waals surface area contributed by atoms with Crippen LogP contribution in [0.1, 0.15) is 12.5 Å². The summed E-state index contributed by atoms with van der Waals surface area (Å²) in [4.78, 5) is 0.288. The van der Waals surface area contributed by atoms with Gasteiger partial charge in [-0.3, -0.25) is 0 Å². The lowest BCUT2D eigenvalue weighted by Crippen LogP contribution is -2.23. The van der Waals surface area contributed by atoms with Gasteiger partial charge in [0.1, 0.15) is 0 Å². The van der Waals surface area contributed by atoms with Crippen LogP contribution in [0.2, 0.25) is 0 Å². The Morgan fingerprint density at radius 1 is 1.24 bits per heavy atom. The van der Waals surface area contributed by atoms with Crippen LogP contribution in [-0.2, 0) is 16.4 Å². The fourth-order valence-electron chi connectivity index (χ4n) is 1.33. The normalized spacial score (nSPS) is 12.1. The highest BCUT2D eigenvalue weighted by Gasteiger charge is 2.11. The summed E-state index contributed by atoms with van der Waals surface area (Å²) in [6, 6.07) is 6.89. The zero-order valence-corrected chi connectivity index (χ0v) is 10.7. The topological polar surface area (TPSA) is 72.2 Å². The molecule has 0 aromatic heterocycles. The number of sulfonamides is 1. The molecule has 0 aliphatic heterocycles. The van der Waals surface area contributed by atoms with Crippen molar-refractivity contribution in [1.29, 1.82) is 0 Å². The van der Waals surface area contributed by atoms with Crippen molar-refractivity contribution in [3.8, 4) is 0 Å². The summed E-state index contributed by atoms with van der Waals surface area (Å²) in [6.45, 7) is 2.70. The fraction of sp³-hybridized carbons (Fsp3) is 0.333. The monoisotopic (exact) mass is 254 g/mol. The van der Waals surface area contributed by atoms with E-state index < -0.39 is 10.0 Å². The van der Waals surface area contributed by atoms with Gasteiger partial charge in [0.05, 0.1) is 4.90 Å². The maximum Gasteiger partial charge on any atom is 0.240 e. The molecule has 1 aromatic rings. The molecular formula is C12H18N2O2S. The van der Waals surface area contributed by atoms with E-state index >= 15 is 0 Å². The van der Waals surface area contributed by atoms with Gasteiger partial charge in [-0.1, -0.05) is 31.2 Å². The van der Waals surface area contributed by atoms with Crippen LogP contribution in [0.25, 0.3) is 0 Å². The van der Waals surface area contributed by atoms with Crippen molar-refractivity contribution >= 4 is 10.0 Å². The molecule has 0 aliphatic rings. The fourth-order valence-corrected chi connectivity index (χ4v) is 2.30. The highest BCUT2D eigenvalue weighted by atomic mass is 32.2. The first kappa shape index (κ1) is 13.9. The molecule has 0 spiro atoms. The molecule has 0 unspecified atom stereocenters. The highest BCUT2D eigenvalue weighted by molar-refractivity contribution is 7.89. The smallest absolute Gasteiger partial charge is 0.240 e. The molecule has 1 rings (SSSR count). The molecule has 0 saturated heterocycles. The molecule has 0 aliphatic carbocycles. The molecule has 0 amide bonds. The van der Waals surface area contributed by atoms with Crippen molar-refractivity contribution < 1.29 is 8.42 Å². The summed E-state index contributed by atoms with van der Waals surface area (Å²) in [6.07, 6.45) is 4.30. The summed E-state index contributed by atoms with van der Waals surface area (Å²) in [5.74, 6) is 0. The van der Waals surface area contributed by atoms with Gasteiger partial charge in [0.2, 0.25) is 10.0 Å². The van der Waals surface area contributed by atoms with E-state index in [0.29, 0.717) is 6.54 Å². The van der Waals surface area contributed by atoms with Crippen LogP contribution in [0.4, 0.5) is 0 Å². The minimum absolute atomic E-state index is 0.259. The predicted molar refractivity (Wildman–Crippen MR) is 69.2 cm³/mol. The molecule has 17 heavy (non-hydrogen) atoms. The van der Waals surface area contributed by atoms with Gasteiger partial charge in [-0.25, -0.2) is 13.1 Å². The summed E-state index contributed by atoms with van der Waals surface area (Å²) in [7, 11) is -3.41. The Hall–Kier alpha value is -1.17. The Morgan fingerprint density at radius 2 is 1.88 bits per heavy atom. The van der Waals surface area contributed by atoms with Crippen molar-refractivity contribution in [1.82, 2.24) is 4.72 Å². The lowest BCUT2D eigenvalue weighted by Gasteiger charge is -2.05. The lowest BCUT2D eigenvalue weighted by molar-refractivity contribution is 0.585. The van der Waals surface area contributed by atoms with Gasteiger partial charge in [0.25, 0.3) is 0 Å². The van der Waals surface area contributed by atoms with E-state index in [1.165, 1.54) is 0 Å². The maximum absolute atomic E-state index is 11.8. The SMILES string of the molecule is CCc1ccc(S(=O)(=O)NC/C=C/CN)cc1. The van der Waals surface area contributed by atoms with Crippen LogP contribution in [0, 0.1) is 0 Å². The van der Waals surface area contributed by atoms with E-state index in [-0.39, 0.29) is 11.4 Å². The molecule has 5 heteroatoms. The van der Waals surface area contributed by atoms with Gasteiger partial charge < -0.3 is 5.73 Å². The lowest BCUT2D eigenvalue weighted by atomic mass is 10.2. The van der Waals surface area contributed by atoms with Gasteiger partial charge >= 0.3 is 0 Å². The second kappa shape index (κ2) is 6.54. The molecular weight excluding hydrogens is 236 g/mol. The summed E-state index contributed by atoms with van der Waals surface area (Å²) >= 11 is 0. The van der Waals surface area contributed by atoms with Crippen molar-refractivity contribution in [3.05, 3.63) is 42.0 Å². The van der Waals surface area contributed by atoms with E-state index in [9.17, 15) is 8.42 Å². The zero-order chi connectivity index (χ0) is 12.7. The van der Waals surface area contributed by atoms with E-state index in [1.54, 1.807) is 24.3 Å². The molecule has 94 valence electrons. The third-order valence-corrected chi connectivity index (χ3v) is 3.78. The zero-order valence-electron chi connectivity index (χ0n) is 9.89. The number of aryl methyl sites for hydroxylation is 1. The van der Waals surface area contributed by atoms with Crippen molar-refractivity contribution in [3.63, 3.8) is 0 Å². The number of nitrogens with one attached hydrogen (secondary N) is 1. The molecule has 0 radical (unpaired) electrons. The highest BCUT2D eigenvalue weighted by Crippen LogP contribution is 2.10. The number of benzene rings is 1. The van der Waals surface area contributed by atoms with Crippen LogP contribution in [0.5, 0.6) is 0 Å². The van der Waals surface area contributed by atoms with Crippen LogP contribution in [-0.4, -0.2) is 21.5 Å². The number of hydrogen-bond acceptors (Lipinski definition) is 3. The minimum Gasteiger partial charge on any atom is -0.327 e. The Labute approximate surface area is 103 Å². The van der Waals surface area contributed by atoms with E-state index in [0.717, 1.165) is 12.0 Å². The van der Waals surface area contributed by atoms with Crippen molar-refractivity contribution in [2.75, 3.05) is 13.1 Å². The number of hydrogen-bond donors (Lipinski definition) is 2. The van der Waals surface area contributed by atoms with Gasteiger partial charge in [-0.05, 0) is 24.1 Å². The van der Waals surface area contributed by atoms with E-state index in [4.69, 9.17) is 5.73 Å². The van der Waals surface area contributed by atoms with Crippen molar-refractivity contribution in [2.45, 2.75) is 18.2 Å². The van der Waals surface area contributed by atoms with E-state index in [1.807, 2.05) is 19.1 Å². The van der Waals surface area contributed by atoms with Crippen molar-refractivity contribution in [2.24, 2.45) is 5.73 Å². The first-order valence-corrected chi connectivity index (χ1v) is 7.02. The molecule has 0 atom stereocenters. The average molecular weight is 254 g/mol. The first-order chi connectivity index (χ1) is 8.10. The van der Waals surface area contributed by atoms with E-state index in [2.05, 4.69) is 4.72 Å². The van der Waals surface area contributed by atoms with Gasteiger partial charge in [-0.2, -0.15) is 0 Å². The standard InChI is InChI=1S/C12H18N2O2S/c1-2-11-5-7-12(8-6-11)17(15,16)14-10-4-3-9-13/h3-8,14H,2,9-10,13H2,1H3/b4-3+. The van der Waals surface area contributed by atoms with Crippen LogP contribution in [0.15, 0.2) is 41.3 Å². The predicted octanol–water partition coefficient (Wildman–Crippen LogP) is 1.04. The first-order valence-electron chi connectivity index (χ1n) is 5.54. The Balaban J connectivity index is 2.72. The molecule has 3 N–H and O–H groups in total. The number of rotatable bonds is 6. The Morgan fingerprint density at radius 3 is 2.41 bits per heavy atom. The van der Waals surface area contributed by atoms with Crippen LogP contribution in [0.3, 0.4) is 0 Å². The molecule has 0 bridgehead atoms. The quantitative estimate of drug-likeness (QED) is 0.745. The summed E-state index contributed by atoms with van der Waals surface area (Å²) < 4.78 is 26.1. The van der Waals surface area contributed by atoms with Gasteiger partial charge in [0, 0.05) is 13.1 Å². The molecule has 0 fully saturated rings. The second-order valence-electron chi connectivity index (χ2n) is 3.56. The summed E-state index contributed by atoms with van der Waals surface area (Å²) in [5, 5.41) is 0.